The van der Waals surface area contributed by atoms with Gasteiger partial charge >= 0.3 is 0 Å². The van der Waals surface area contributed by atoms with E-state index in [1.807, 2.05) is 10.8 Å². The van der Waals surface area contributed by atoms with Gasteiger partial charge in [0.2, 0.25) is 0 Å². The molecule has 0 spiro atoms. The fourth-order valence-electron chi connectivity index (χ4n) is 1.18. The lowest BCUT2D eigenvalue weighted by Gasteiger charge is -2.16. The molecule has 0 radical (unpaired) electrons. The van der Waals surface area contributed by atoms with Crippen molar-refractivity contribution in [3.63, 3.8) is 0 Å². The minimum atomic E-state index is -0.668. The van der Waals surface area contributed by atoms with Crippen molar-refractivity contribution in [3.8, 4) is 0 Å². The van der Waals surface area contributed by atoms with Crippen molar-refractivity contribution in [1.82, 2.24) is 9.55 Å². The molecule has 0 atom stereocenters. The number of aromatic nitrogens is 2. The Balaban J connectivity index is 2.75. The highest BCUT2D eigenvalue weighted by atomic mass is 16.3. The van der Waals surface area contributed by atoms with Crippen LogP contribution in [0, 0.1) is 0 Å². The maximum absolute atomic E-state index is 9.56. The van der Waals surface area contributed by atoms with Crippen molar-refractivity contribution in [1.29, 1.82) is 0 Å². The van der Waals surface area contributed by atoms with E-state index in [2.05, 4.69) is 11.9 Å². The average molecular weight is 168 g/mol. The Morgan fingerprint density at radius 1 is 1.58 bits per heavy atom. The van der Waals surface area contributed by atoms with Gasteiger partial charge in [-0.3, -0.25) is 0 Å². The van der Waals surface area contributed by atoms with Gasteiger partial charge < -0.3 is 9.67 Å². The van der Waals surface area contributed by atoms with Crippen LogP contribution in [0.1, 0.15) is 26.6 Å². The van der Waals surface area contributed by atoms with Crippen LogP contribution in [0.4, 0.5) is 0 Å². The van der Waals surface area contributed by atoms with Gasteiger partial charge in [0.15, 0.2) is 0 Å². The van der Waals surface area contributed by atoms with Gasteiger partial charge in [0.05, 0.1) is 5.60 Å². The standard InChI is InChI=1S/C9H16N2O/c1-4-11-6-5-10-8(11)7-9(2,3)12/h5-6,12H,4,7H2,1-3H3. The third-order valence-corrected chi connectivity index (χ3v) is 1.73. The lowest BCUT2D eigenvalue weighted by Crippen LogP contribution is -2.24. The van der Waals surface area contributed by atoms with Crippen LogP contribution in [0.3, 0.4) is 0 Å². The maximum atomic E-state index is 9.56. The van der Waals surface area contributed by atoms with Crippen molar-refractivity contribution in [3.05, 3.63) is 18.2 Å². The van der Waals surface area contributed by atoms with Crippen LogP contribution in [0.15, 0.2) is 12.4 Å². The minimum absolute atomic E-state index is 0.605. The van der Waals surface area contributed by atoms with Crippen molar-refractivity contribution >= 4 is 0 Å². The molecule has 0 aliphatic heterocycles. The SMILES string of the molecule is CCn1ccnc1CC(C)(C)O. The molecule has 3 nitrogen and oxygen atoms in total. The Hall–Kier alpha value is -0.830. The maximum Gasteiger partial charge on any atom is 0.111 e. The Morgan fingerprint density at radius 2 is 2.25 bits per heavy atom. The summed E-state index contributed by atoms with van der Waals surface area (Å²) in [5.74, 6) is 0.949. The number of rotatable bonds is 3. The van der Waals surface area contributed by atoms with Gasteiger partial charge in [0.1, 0.15) is 5.82 Å². The summed E-state index contributed by atoms with van der Waals surface area (Å²) in [5.41, 5.74) is -0.668. The van der Waals surface area contributed by atoms with Crippen LogP contribution < -0.4 is 0 Å². The highest BCUT2D eigenvalue weighted by Gasteiger charge is 2.16. The molecule has 0 fully saturated rings. The summed E-state index contributed by atoms with van der Waals surface area (Å²) in [4.78, 5) is 4.18. The summed E-state index contributed by atoms with van der Waals surface area (Å²) >= 11 is 0. The smallest absolute Gasteiger partial charge is 0.111 e. The molecular formula is C9H16N2O. The van der Waals surface area contributed by atoms with Crippen LogP contribution in [0.25, 0.3) is 0 Å². The van der Waals surface area contributed by atoms with Crippen molar-refractivity contribution < 1.29 is 5.11 Å². The normalized spacial score (nSPS) is 12.0. The zero-order valence-electron chi connectivity index (χ0n) is 7.91. The molecule has 0 unspecified atom stereocenters. The van der Waals surface area contributed by atoms with Gasteiger partial charge in [-0.05, 0) is 20.8 Å². The summed E-state index contributed by atoms with van der Waals surface area (Å²) in [5, 5.41) is 9.56. The summed E-state index contributed by atoms with van der Waals surface area (Å²) in [6.07, 6.45) is 4.31. The fourth-order valence-corrected chi connectivity index (χ4v) is 1.18. The van der Waals surface area contributed by atoms with E-state index in [-0.39, 0.29) is 0 Å². The first-order chi connectivity index (χ1) is 5.53. The molecule has 0 aromatic carbocycles. The van der Waals surface area contributed by atoms with E-state index in [0.29, 0.717) is 6.42 Å². The molecule has 1 aromatic heterocycles. The van der Waals surface area contributed by atoms with Crippen molar-refractivity contribution in [2.45, 2.75) is 39.3 Å². The molecule has 1 aromatic rings. The van der Waals surface area contributed by atoms with Crippen LogP contribution in [0.5, 0.6) is 0 Å². The zero-order valence-corrected chi connectivity index (χ0v) is 7.91. The summed E-state index contributed by atoms with van der Waals surface area (Å²) in [6.45, 7) is 6.56. The van der Waals surface area contributed by atoms with E-state index >= 15 is 0 Å². The van der Waals surface area contributed by atoms with Crippen LogP contribution in [-0.2, 0) is 13.0 Å². The first kappa shape index (κ1) is 9.26. The zero-order chi connectivity index (χ0) is 9.19. The lowest BCUT2D eigenvalue weighted by molar-refractivity contribution is 0.0779. The number of imidazole rings is 1. The topological polar surface area (TPSA) is 38.0 Å². The van der Waals surface area contributed by atoms with E-state index in [4.69, 9.17) is 0 Å². The number of aryl methyl sites for hydroxylation is 1. The molecule has 0 saturated heterocycles. The summed E-state index contributed by atoms with van der Waals surface area (Å²) < 4.78 is 2.04. The molecule has 0 aliphatic rings. The molecule has 1 heterocycles. The van der Waals surface area contributed by atoms with E-state index in [1.54, 1.807) is 20.0 Å². The molecule has 0 amide bonds. The first-order valence-corrected chi connectivity index (χ1v) is 4.25. The molecule has 68 valence electrons. The quantitative estimate of drug-likeness (QED) is 0.736. The van der Waals surface area contributed by atoms with E-state index in [0.717, 1.165) is 12.4 Å². The summed E-state index contributed by atoms with van der Waals surface area (Å²) in [6, 6.07) is 0. The predicted octanol–water partition coefficient (Wildman–Crippen LogP) is 1.22. The van der Waals surface area contributed by atoms with Gasteiger partial charge in [-0.1, -0.05) is 0 Å². The Bertz CT molecular complexity index is 247. The largest absolute Gasteiger partial charge is 0.390 e. The number of hydrogen-bond donors (Lipinski definition) is 1. The second-order valence-corrected chi connectivity index (χ2v) is 3.62. The van der Waals surface area contributed by atoms with Crippen LogP contribution in [-0.4, -0.2) is 20.3 Å². The molecule has 0 saturated carbocycles. The Morgan fingerprint density at radius 3 is 2.75 bits per heavy atom. The highest BCUT2D eigenvalue weighted by Crippen LogP contribution is 2.10. The lowest BCUT2D eigenvalue weighted by atomic mass is 10.1. The van der Waals surface area contributed by atoms with Gasteiger partial charge in [0.25, 0.3) is 0 Å². The van der Waals surface area contributed by atoms with Gasteiger partial charge in [-0.15, -0.1) is 0 Å². The molecule has 0 bridgehead atoms. The number of nitrogens with zero attached hydrogens (tertiary/aromatic N) is 2. The van der Waals surface area contributed by atoms with Gasteiger partial charge in [0, 0.05) is 25.4 Å². The second-order valence-electron chi connectivity index (χ2n) is 3.62. The van der Waals surface area contributed by atoms with Gasteiger partial charge in [-0.2, -0.15) is 0 Å². The second kappa shape index (κ2) is 3.27. The molecule has 0 aliphatic carbocycles. The first-order valence-electron chi connectivity index (χ1n) is 4.25. The molecule has 1 N–H and O–H groups in total. The van der Waals surface area contributed by atoms with Crippen LogP contribution >= 0.6 is 0 Å². The van der Waals surface area contributed by atoms with Crippen LogP contribution in [0.2, 0.25) is 0 Å². The monoisotopic (exact) mass is 168 g/mol. The van der Waals surface area contributed by atoms with E-state index in [1.165, 1.54) is 0 Å². The summed E-state index contributed by atoms with van der Waals surface area (Å²) in [7, 11) is 0. The minimum Gasteiger partial charge on any atom is -0.390 e. The predicted molar refractivity (Wildman–Crippen MR) is 47.9 cm³/mol. The third-order valence-electron chi connectivity index (χ3n) is 1.73. The molecule has 12 heavy (non-hydrogen) atoms. The highest BCUT2D eigenvalue weighted by molar-refractivity contribution is 4.96. The average Bonchev–Trinajstić information content (AvgIpc) is 2.31. The molecular weight excluding hydrogens is 152 g/mol. The van der Waals surface area contributed by atoms with Crippen molar-refractivity contribution in [2.75, 3.05) is 0 Å². The Labute approximate surface area is 73.1 Å². The Kier molecular flexibility index (Phi) is 2.52. The number of aliphatic hydroxyl groups is 1. The van der Waals surface area contributed by atoms with E-state index in [9.17, 15) is 5.11 Å². The third kappa shape index (κ3) is 2.34. The van der Waals surface area contributed by atoms with Gasteiger partial charge in [-0.25, -0.2) is 4.98 Å². The molecule has 1 rings (SSSR count). The fraction of sp³-hybridized carbons (Fsp3) is 0.667. The number of hydrogen-bond acceptors (Lipinski definition) is 2. The van der Waals surface area contributed by atoms with E-state index < -0.39 is 5.60 Å². The van der Waals surface area contributed by atoms with Crippen molar-refractivity contribution in [2.24, 2.45) is 0 Å². The molecule has 3 heteroatoms.